The molecule has 1 saturated heterocycles. The second-order valence-corrected chi connectivity index (χ2v) is 6.76. The van der Waals surface area contributed by atoms with Crippen molar-refractivity contribution in [1.29, 1.82) is 0 Å². The third kappa shape index (κ3) is 3.79. The first-order chi connectivity index (χ1) is 11.2. The van der Waals surface area contributed by atoms with Crippen molar-refractivity contribution in [2.24, 2.45) is 0 Å². The van der Waals surface area contributed by atoms with Crippen molar-refractivity contribution >= 4 is 23.1 Å². The van der Waals surface area contributed by atoms with E-state index >= 15 is 0 Å². The number of nitrogens with one attached hydrogen (secondary N) is 1. The zero-order valence-corrected chi connectivity index (χ0v) is 14.7. The van der Waals surface area contributed by atoms with E-state index in [2.05, 4.69) is 45.2 Å². The second kappa shape index (κ2) is 7.23. The first kappa shape index (κ1) is 16.1. The van der Waals surface area contributed by atoms with Crippen LogP contribution in [0.2, 0.25) is 0 Å². The highest BCUT2D eigenvalue weighted by Crippen LogP contribution is 2.27. The van der Waals surface area contributed by atoms with Crippen molar-refractivity contribution in [2.75, 3.05) is 44.1 Å². The highest BCUT2D eigenvalue weighted by molar-refractivity contribution is 7.09. The summed E-state index contributed by atoms with van der Waals surface area (Å²) in [6.07, 6.45) is 2.01. The maximum atomic E-state index is 5.50. The molecule has 1 atom stereocenters. The molecule has 1 aliphatic rings. The molecule has 0 spiro atoms. The lowest BCUT2D eigenvalue weighted by atomic mass is 10.0. The van der Waals surface area contributed by atoms with E-state index in [1.165, 1.54) is 4.88 Å². The number of nitrogens with zero attached hydrogens (tertiary/aromatic N) is 4. The van der Waals surface area contributed by atoms with Crippen LogP contribution in [0.5, 0.6) is 0 Å². The molecule has 0 radical (unpaired) electrons. The van der Waals surface area contributed by atoms with Gasteiger partial charge < -0.3 is 15.0 Å². The standard InChI is InChI=1S/C16H23N5OS/c1-11-14(23-10-18-11)4-6-21(3)15-8-13(12-5-7-22-9-12)19-16(17-2)20-15/h8,10,12H,4-7,9H2,1-3H3,(H,17,19,20)/t12-/m1/s1. The van der Waals surface area contributed by atoms with Crippen LogP contribution >= 0.6 is 11.3 Å². The predicted octanol–water partition coefficient (Wildman–Crippen LogP) is 2.47. The zero-order valence-electron chi connectivity index (χ0n) is 13.9. The van der Waals surface area contributed by atoms with Gasteiger partial charge in [0.2, 0.25) is 5.95 Å². The molecule has 0 aromatic carbocycles. The fraction of sp³-hybridized carbons (Fsp3) is 0.562. The van der Waals surface area contributed by atoms with Crippen LogP contribution in [0.15, 0.2) is 11.6 Å². The summed E-state index contributed by atoms with van der Waals surface area (Å²) in [7, 11) is 3.93. The molecule has 6 nitrogen and oxygen atoms in total. The van der Waals surface area contributed by atoms with Crippen molar-refractivity contribution in [3.8, 4) is 0 Å². The monoisotopic (exact) mass is 333 g/mol. The average molecular weight is 333 g/mol. The summed E-state index contributed by atoms with van der Waals surface area (Å²) in [5.74, 6) is 2.00. The quantitative estimate of drug-likeness (QED) is 0.876. The van der Waals surface area contributed by atoms with Crippen LogP contribution in [0.4, 0.5) is 11.8 Å². The van der Waals surface area contributed by atoms with Crippen LogP contribution in [0.3, 0.4) is 0 Å². The van der Waals surface area contributed by atoms with Crippen molar-refractivity contribution in [3.63, 3.8) is 0 Å². The minimum absolute atomic E-state index is 0.376. The Hall–Kier alpha value is -1.73. The molecule has 1 aliphatic heterocycles. The third-order valence-electron chi connectivity index (χ3n) is 4.21. The predicted molar refractivity (Wildman–Crippen MR) is 93.6 cm³/mol. The Morgan fingerprint density at radius 3 is 2.96 bits per heavy atom. The summed E-state index contributed by atoms with van der Waals surface area (Å²) in [6, 6.07) is 2.10. The molecule has 0 bridgehead atoms. The summed E-state index contributed by atoms with van der Waals surface area (Å²) < 4.78 is 5.50. The number of rotatable bonds is 6. The van der Waals surface area contributed by atoms with E-state index in [0.717, 1.165) is 49.8 Å². The molecule has 3 rings (SSSR count). The van der Waals surface area contributed by atoms with E-state index in [9.17, 15) is 0 Å². The number of likely N-dealkylation sites (N-methyl/N-ethyl adjacent to an activating group) is 1. The van der Waals surface area contributed by atoms with Crippen LogP contribution in [0.1, 0.15) is 28.6 Å². The summed E-state index contributed by atoms with van der Waals surface area (Å²) in [4.78, 5) is 17.0. The van der Waals surface area contributed by atoms with E-state index < -0.39 is 0 Å². The van der Waals surface area contributed by atoms with Crippen molar-refractivity contribution in [2.45, 2.75) is 25.7 Å². The highest BCUT2D eigenvalue weighted by Gasteiger charge is 2.21. The van der Waals surface area contributed by atoms with E-state index in [1.807, 2.05) is 12.6 Å². The molecule has 0 unspecified atom stereocenters. The number of aryl methyl sites for hydroxylation is 1. The Bertz CT molecular complexity index is 654. The van der Waals surface area contributed by atoms with Crippen molar-refractivity contribution < 1.29 is 4.74 Å². The zero-order chi connectivity index (χ0) is 16.2. The SMILES string of the molecule is CNc1nc([C@@H]2CCOC2)cc(N(C)CCc2scnc2C)n1. The van der Waals surface area contributed by atoms with E-state index in [0.29, 0.717) is 11.9 Å². The van der Waals surface area contributed by atoms with Gasteiger partial charge >= 0.3 is 0 Å². The Labute approximate surface area is 140 Å². The first-order valence-electron chi connectivity index (χ1n) is 7.92. The average Bonchev–Trinajstić information content (AvgIpc) is 3.24. The molecule has 0 saturated carbocycles. The van der Waals surface area contributed by atoms with Crippen LogP contribution in [0.25, 0.3) is 0 Å². The Morgan fingerprint density at radius 1 is 1.43 bits per heavy atom. The summed E-state index contributed by atoms with van der Waals surface area (Å²) >= 11 is 1.72. The first-order valence-corrected chi connectivity index (χ1v) is 8.80. The van der Waals surface area contributed by atoms with E-state index in [1.54, 1.807) is 11.3 Å². The number of anilines is 2. The maximum Gasteiger partial charge on any atom is 0.224 e. The van der Waals surface area contributed by atoms with Gasteiger partial charge in [-0.3, -0.25) is 0 Å². The van der Waals surface area contributed by atoms with Gasteiger partial charge in [-0.1, -0.05) is 0 Å². The van der Waals surface area contributed by atoms with Gasteiger partial charge in [0.25, 0.3) is 0 Å². The van der Waals surface area contributed by atoms with E-state index in [4.69, 9.17) is 4.74 Å². The Morgan fingerprint density at radius 2 is 2.30 bits per heavy atom. The molecular weight excluding hydrogens is 310 g/mol. The summed E-state index contributed by atoms with van der Waals surface area (Å²) in [5.41, 5.74) is 4.11. The van der Waals surface area contributed by atoms with E-state index in [-0.39, 0.29) is 0 Å². The molecular formula is C16H23N5OS. The fourth-order valence-corrected chi connectivity index (χ4v) is 3.46. The van der Waals surface area contributed by atoms with Gasteiger partial charge in [0.15, 0.2) is 0 Å². The lowest BCUT2D eigenvalue weighted by Gasteiger charge is -2.20. The minimum atomic E-state index is 0.376. The van der Waals surface area contributed by atoms with Gasteiger partial charge in [0.1, 0.15) is 5.82 Å². The highest BCUT2D eigenvalue weighted by atomic mass is 32.1. The molecule has 124 valence electrons. The fourth-order valence-electron chi connectivity index (χ4n) is 2.69. The van der Waals surface area contributed by atoms with Gasteiger partial charge in [-0.25, -0.2) is 9.97 Å². The molecule has 3 heterocycles. The minimum Gasteiger partial charge on any atom is -0.381 e. The van der Waals surface area contributed by atoms with Crippen LogP contribution in [-0.4, -0.2) is 48.8 Å². The Balaban J connectivity index is 1.74. The molecule has 0 amide bonds. The largest absolute Gasteiger partial charge is 0.381 e. The summed E-state index contributed by atoms with van der Waals surface area (Å²) in [6.45, 7) is 4.54. The van der Waals surface area contributed by atoms with Crippen LogP contribution in [-0.2, 0) is 11.2 Å². The second-order valence-electron chi connectivity index (χ2n) is 5.82. The number of aromatic nitrogens is 3. The molecule has 0 aliphatic carbocycles. The smallest absolute Gasteiger partial charge is 0.224 e. The molecule has 2 aromatic heterocycles. The molecule has 1 fully saturated rings. The van der Waals surface area contributed by atoms with Crippen LogP contribution in [0, 0.1) is 6.92 Å². The molecule has 2 aromatic rings. The third-order valence-corrected chi connectivity index (χ3v) is 5.21. The van der Waals surface area contributed by atoms with Gasteiger partial charge in [0.05, 0.1) is 23.5 Å². The van der Waals surface area contributed by atoms with Gasteiger partial charge in [-0.2, -0.15) is 4.98 Å². The lowest BCUT2D eigenvalue weighted by Crippen LogP contribution is -2.22. The molecule has 7 heteroatoms. The topological polar surface area (TPSA) is 63.2 Å². The number of hydrogen-bond acceptors (Lipinski definition) is 7. The van der Waals surface area contributed by atoms with Crippen LogP contribution < -0.4 is 10.2 Å². The Kier molecular flexibility index (Phi) is 5.07. The molecule has 1 N–H and O–H groups in total. The van der Waals surface area contributed by atoms with Gasteiger partial charge in [-0.05, 0) is 13.3 Å². The lowest BCUT2D eigenvalue weighted by molar-refractivity contribution is 0.193. The molecule has 23 heavy (non-hydrogen) atoms. The van der Waals surface area contributed by atoms with Crippen molar-refractivity contribution in [3.05, 3.63) is 27.8 Å². The maximum absolute atomic E-state index is 5.50. The van der Waals surface area contributed by atoms with Gasteiger partial charge in [-0.15, -0.1) is 11.3 Å². The number of ether oxygens (including phenoxy) is 1. The number of thiazole rings is 1. The normalized spacial score (nSPS) is 17.4. The number of hydrogen-bond donors (Lipinski definition) is 1. The van der Waals surface area contributed by atoms with Crippen molar-refractivity contribution in [1.82, 2.24) is 15.0 Å². The van der Waals surface area contributed by atoms with Gasteiger partial charge in [0, 0.05) is 50.5 Å². The summed E-state index contributed by atoms with van der Waals surface area (Å²) in [5, 5.41) is 3.07.